The Morgan fingerprint density at radius 1 is 1.00 bits per heavy atom. The van der Waals surface area contributed by atoms with Gasteiger partial charge in [0.1, 0.15) is 0 Å². The summed E-state index contributed by atoms with van der Waals surface area (Å²) in [5, 5.41) is 0. The first-order valence-electron chi connectivity index (χ1n) is 4.87. The Morgan fingerprint density at radius 3 is 2.46 bits per heavy atom. The minimum atomic E-state index is 0.814. The van der Waals surface area contributed by atoms with E-state index in [0.717, 1.165) is 12.8 Å². The number of hydrogen-bond donors (Lipinski definition) is 0. The molecule has 1 radical (unpaired) electrons. The van der Waals surface area contributed by atoms with Crippen LogP contribution in [-0.4, -0.2) is 0 Å². The Kier molecular flexibility index (Phi) is 4.79. The summed E-state index contributed by atoms with van der Waals surface area (Å²) >= 11 is 0. The third kappa shape index (κ3) is 4.38. The van der Waals surface area contributed by atoms with E-state index in [0.29, 0.717) is 0 Å². The summed E-state index contributed by atoms with van der Waals surface area (Å²) in [5.74, 6) is 2.42. The monoisotopic (exact) mass is 171 g/mol. The average molecular weight is 171 g/mol. The van der Waals surface area contributed by atoms with Gasteiger partial charge in [-0.15, -0.1) is 0 Å². The maximum Gasteiger partial charge on any atom is 0.00989 e. The molecule has 0 saturated heterocycles. The molecule has 0 heteroatoms. The van der Waals surface area contributed by atoms with Gasteiger partial charge >= 0.3 is 0 Å². The minimum Gasteiger partial charge on any atom is -0.0891 e. The number of hydrogen-bond acceptors (Lipinski definition) is 0. The highest BCUT2D eigenvalue weighted by atomic mass is 14.0. The van der Waals surface area contributed by atoms with Crippen LogP contribution in [0.3, 0.4) is 0 Å². The minimum absolute atomic E-state index is 0.814. The van der Waals surface area contributed by atoms with Gasteiger partial charge in [-0.2, -0.15) is 0 Å². The topological polar surface area (TPSA) is 0 Å². The van der Waals surface area contributed by atoms with Crippen LogP contribution in [0.4, 0.5) is 0 Å². The van der Waals surface area contributed by atoms with Gasteiger partial charge < -0.3 is 0 Å². The van der Waals surface area contributed by atoms with Gasteiger partial charge in [0.2, 0.25) is 0 Å². The quantitative estimate of drug-likeness (QED) is 0.470. The maximum absolute atomic E-state index is 6.75. The summed E-state index contributed by atoms with van der Waals surface area (Å²) in [6.07, 6.45) is 12.3. The SMILES string of the molecule is [C]#CCCCCCc1ccccc1. The summed E-state index contributed by atoms with van der Waals surface area (Å²) < 4.78 is 0. The van der Waals surface area contributed by atoms with Crippen molar-refractivity contribution in [3.8, 4) is 5.92 Å². The average Bonchev–Trinajstić information content (AvgIpc) is 2.19. The van der Waals surface area contributed by atoms with E-state index in [2.05, 4.69) is 30.2 Å². The lowest BCUT2D eigenvalue weighted by Crippen LogP contribution is -1.84. The molecule has 0 bridgehead atoms. The smallest absolute Gasteiger partial charge is 0.00989 e. The molecule has 0 aliphatic carbocycles. The molecule has 0 aliphatic rings. The van der Waals surface area contributed by atoms with Crippen LogP contribution in [0.2, 0.25) is 0 Å². The molecule has 1 aromatic rings. The molecule has 1 rings (SSSR count). The van der Waals surface area contributed by atoms with Crippen molar-refractivity contribution in [3.05, 3.63) is 42.3 Å². The Bertz CT molecular complexity index is 253. The van der Waals surface area contributed by atoms with Crippen LogP contribution in [0.1, 0.15) is 31.2 Å². The second kappa shape index (κ2) is 6.31. The second-order valence-corrected chi connectivity index (χ2v) is 3.22. The van der Waals surface area contributed by atoms with Gasteiger partial charge in [-0.05, 0) is 31.2 Å². The van der Waals surface area contributed by atoms with Crippen molar-refractivity contribution in [2.75, 3.05) is 0 Å². The molecule has 0 spiro atoms. The van der Waals surface area contributed by atoms with Crippen molar-refractivity contribution in [2.24, 2.45) is 0 Å². The van der Waals surface area contributed by atoms with Crippen LogP contribution in [0.5, 0.6) is 0 Å². The van der Waals surface area contributed by atoms with Gasteiger partial charge in [0, 0.05) is 6.42 Å². The van der Waals surface area contributed by atoms with Crippen molar-refractivity contribution in [1.29, 1.82) is 0 Å². The molecule has 0 nitrogen and oxygen atoms in total. The van der Waals surface area contributed by atoms with Gasteiger partial charge in [0.05, 0.1) is 0 Å². The van der Waals surface area contributed by atoms with E-state index in [1.54, 1.807) is 0 Å². The third-order valence-corrected chi connectivity index (χ3v) is 2.11. The summed E-state index contributed by atoms with van der Waals surface area (Å²) in [5.41, 5.74) is 1.42. The van der Waals surface area contributed by atoms with E-state index in [9.17, 15) is 0 Å². The third-order valence-electron chi connectivity index (χ3n) is 2.11. The van der Waals surface area contributed by atoms with Gasteiger partial charge in [-0.3, -0.25) is 0 Å². The standard InChI is InChI=1S/C13H15/c1-2-3-4-5-7-10-13-11-8-6-9-12-13/h6,8-9,11-12H,3-5,7,10H2. The van der Waals surface area contributed by atoms with Crippen molar-refractivity contribution in [2.45, 2.75) is 32.1 Å². The summed E-state index contributed by atoms with van der Waals surface area (Å²) in [6, 6.07) is 10.6. The zero-order valence-corrected chi connectivity index (χ0v) is 7.92. The molecule has 67 valence electrons. The van der Waals surface area contributed by atoms with Crippen molar-refractivity contribution < 1.29 is 0 Å². The first kappa shape index (κ1) is 9.86. The van der Waals surface area contributed by atoms with Crippen molar-refractivity contribution >= 4 is 0 Å². The molecule has 0 fully saturated rings. The summed E-state index contributed by atoms with van der Waals surface area (Å²) in [6.45, 7) is 0. The number of rotatable bonds is 5. The zero-order chi connectivity index (χ0) is 9.36. The van der Waals surface area contributed by atoms with E-state index in [-0.39, 0.29) is 0 Å². The fourth-order valence-corrected chi connectivity index (χ4v) is 1.36. The predicted octanol–water partition coefficient (Wildman–Crippen LogP) is 3.38. The summed E-state index contributed by atoms with van der Waals surface area (Å²) in [4.78, 5) is 0. The Morgan fingerprint density at radius 2 is 1.77 bits per heavy atom. The molecule has 0 aromatic heterocycles. The molecule has 13 heavy (non-hydrogen) atoms. The summed E-state index contributed by atoms with van der Waals surface area (Å²) in [7, 11) is 0. The largest absolute Gasteiger partial charge is 0.0891 e. The predicted molar refractivity (Wildman–Crippen MR) is 55.7 cm³/mol. The molecule has 0 amide bonds. The van der Waals surface area contributed by atoms with Crippen LogP contribution in [0, 0.1) is 12.3 Å². The molecule has 0 saturated carbocycles. The Hall–Kier alpha value is -1.22. The van der Waals surface area contributed by atoms with Gasteiger partial charge in [0.15, 0.2) is 0 Å². The molecule has 0 unspecified atom stereocenters. The van der Waals surface area contributed by atoms with E-state index >= 15 is 0 Å². The van der Waals surface area contributed by atoms with Crippen molar-refractivity contribution in [3.63, 3.8) is 0 Å². The lowest BCUT2D eigenvalue weighted by atomic mass is 10.1. The normalized spacial score (nSPS) is 9.46. The van der Waals surface area contributed by atoms with E-state index in [1.807, 2.05) is 6.07 Å². The highest BCUT2D eigenvalue weighted by Crippen LogP contribution is 2.06. The van der Waals surface area contributed by atoms with Crippen molar-refractivity contribution in [1.82, 2.24) is 0 Å². The lowest BCUT2D eigenvalue weighted by molar-refractivity contribution is 0.692. The number of unbranched alkanes of at least 4 members (excludes halogenated alkanes) is 3. The first-order chi connectivity index (χ1) is 6.43. The van der Waals surface area contributed by atoms with Gasteiger partial charge in [-0.25, -0.2) is 0 Å². The number of benzene rings is 1. The maximum atomic E-state index is 6.75. The fraction of sp³-hybridized carbons (Fsp3) is 0.385. The molecule has 0 aliphatic heterocycles. The molecular formula is C13H15. The fourth-order valence-electron chi connectivity index (χ4n) is 1.36. The van der Waals surface area contributed by atoms with Crippen LogP contribution in [-0.2, 0) is 6.42 Å². The zero-order valence-electron chi connectivity index (χ0n) is 7.92. The van der Waals surface area contributed by atoms with E-state index in [1.165, 1.54) is 24.8 Å². The van der Waals surface area contributed by atoms with Crippen LogP contribution >= 0.6 is 0 Å². The lowest BCUT2D eigenvalue weighted by Gasteiger charge is -1.99. The van der Waals surface area contributed by atoms with Crippen LogP contribution in [0.25, 0.3) is 0 Å². The second-order valence-electron chi connectivity index (χ2n) is 3.22. The van der Waals surface area contributed by atoms with Gasteiger partial charge in [-0.1, -0.05) is 42.7 Å². The van der Waals surface area contributed by atoms with Crippen LogP contribution in [0.15, 0.2) is 30.3 Å². The molecule has 1 aromatic carbocycles. The highest BCUT2D eigenvalue weighted by molar-refractivity contribution is 5.14. The van der Waals surface area contributed by atoms with Crippen LogP contribution < -0.4 is 0 Å². The molecule has 0 heterocycles. The van der Waals surface area contributed by atoms with E-state index < -0.39 is 0 Å². The van der Waals surface area contributed by atoms with E-state index in [4.69, 9.17) is 6.42 Å². The molecule has 0 N–H and O–H groups in total. The Labute approximate surface area is 81.0 Å². The van der Waals surface area contributed by atoms with Gasteiger partial charge in [0.25, 0.3) is 0 Å². The first-order valence-corrected chi connectivity index (χ1v) is 4.87. The molecular weight excluding hydrogens is 156 g/mol. The highest BCUT2D eigenvalue weighted by Gasteiger charge is 1.91. The molecule has 0 atom stereocenters. The Balaban J connectivity index is 2.11. The number of aryl methyl sites for hydroxylation is 1.